The quantitative estimate of drug-likeness (QED) is 0.685. The van der Waals surface area contributed by atoms with Crippen LogP contribution in [0.15, 0.2) is 17.0 Å². The van der Waals surface area contributed by atoms with Crippen molar-refractivity contribution in [3.63, 3.8) is 0 Å². The van der Waals surface area contributed by atoms with Gasteiger partial charge in [-0.25, -0.2) is 9.78 Å². The number of nitrogen functional groups attached to an aromatic ring is 1. The first-order valence-electron chi connectivity index (χ1n) is 4.46. The van der Waals surface area contributed by atoms with Gasteiger partial charge < -0.3 is 20.6 Å². The maximum Gasteiger partial charge on any atom is 0.329 e. The smallest absolute Gasteiger partial charge is 0.329 e. The van der Waals surface area contributed by atoms with Crippen molar-refractivity contribution in [2.45, 2.75) is 6.04 Å². The summed E-state index contributed by atoms with van der Waals surface area (Å²) in [5.41, 5.74) is 12.7. The van der Waals surface area contributed by atoms with Crippen LogP contribution >= 0.6 is 0 Å². The summed E-state index contributed by atoms with van der Waals surface area (Å²) in [4.78, 5) is 19.2. The average molecular weight is 222 g/mol. The second-order valence-corrected chi connectivity index (χ2v) is 3.13. The molecule has 0 saturated heterocycles. The van der Waals surface area contributed by atoms with Crippen LogP contribution in [0, 0.1) is 0 Å². The van der Waals surface area contributed by atoms with E-state index in [9.17, 15) is 4.79 Å². The third-order valence-corrected chi connectivity index (χ3v) is 2.17. The highest BCUT2D eigenvalue weighted by atomic mass is 16.5. The minimum Gasteiger partial charge on any atom is -0.468 e. The third-order valence-electron chi connectivity index (χ3n) is 2.17. The fourth-order valence-corrected chi connectivity index (χ4v) is 1.35. The number of methoxy groups -OCH3 is 1. The predicted octanol–water partition coefficient (Wildman–Crippen LogP) is -0.0222. The number of ether oxygens (including phenoxy) is 1. The van der Waals surface area contributed by atoms with Gasteiger partial charge in [-0.15, -0.1) is 0 Å². The number of fused-ring (bicyclic) bond motifs is 1. The van der Waals surface area contributed by atoms with Crippen molar-refractivity contribution in [3.05, 3.63) is 18.3 Å². The molecule has 0 aliphatic carbocycles. The molecule has 84 valence electrons. The molecule has 0 amide bonds. The lowest BCUT2D eigenvalue weighted by atomic mass is 10.2. The van der Waals surface area contributed by atoms with Crippen molar-refractivity contribution < 1.29 is 13.9 Å². The zero-order chi connectivity index (χ0) is 11.7. The van der Waals surface area contributed by atoms with Crippen molar-refractivity contribution in [1.82, 2.24) is 9.97 Å². The van der Waals surface area contributed by atoms with Crippen molar-refractivity contribution in [2.75, 3.05) is 12.8 Å². The Morgan fingerprint density at radius 1 is 1.56 bits per heavy atom. The maximum absolute atomic E-state index is 11.3. The molecule has 0 spiro atoms. The summed E-state index contributed by atoms with van der Waals surface area (Å²) in [5, 5.41) is 0. The van der Waals surface area contributed by atoms with E-state index in [0.29, 0.717) is 16.8 Å². The summed E-state index contributed by atoms with van der Waals surface area (Å²) in [6.45, 7) is 0. The third kappa shape index (κ3) is 1.47. The van der Waals surface area contributed by atoms with Crippen LogP contribution in [0.5, 0.6) is 0 Å². The molecule has 0 aliphatic rings. The molecule has 0 radical (unpaired) electrons. The number of hydrogen-bond donors (Lipinski definition) is 2. The molecule has 1 atom stereocenters. The zero-order valence-corrected chi connectivity index (χ0v) is 8.51. The molecule has 16 heavy (non-hydrogen) atoms. The number of nitrogens with zero attached hydrogens (tertiary/aromatic N) is 2. The number of nitrogens with two attached hydrogens (primary N) is 2. The van der Waals surface area contributed by atoms with Gasteiger partial charge >= 0.3 is 5.97 Å². The molecular weight excluding hydrogens is 212 g/mol. The standard InChI is InChI=1S/C9H10N4O3/c1-15-9(14)5(11)7-8-6(13-3-16-8)4(10)2-12-7/h2-3,5H,10-11H2,1H3. The molecule has 2 aromatic heterocycles. The average Bonchev–Trinajstić information content (AvgIpc) is 2.77. The molecule has 1 unspecified atom stereocenters. The molecule has 0 fully saturated rings. The van der Waals surface area contributed by atoms with E-state index in [-0.39, 0.29) is 5.69 Å². The summed E-state index contributed by atoms with van der Waals surface area (Å²) < 4.78 is 9.63. The summed E-state index contributed by atoms with van der Waals surface area (Å²) >= 11 is 0. The van der Waals surface area contributed by atoms with E-state index >= 15 is 0 Å². The second kappa shape index (κ2) is 3.78. The molecule has 4 N–H and O–H groups in total. The fraction of sp³-hybridized carbons (Fsp3) is 0.222. The minimum absolute atomic E-state index is 0.258. The summed E-state index contributed by atoms with van der Waals surface area (Å²) in [7, 11) is 1.25. The van der Waals surface area contributed by atoms with Gasteiger partial charge in [0, 0.05) is 0 Å². The summed E-state index contributed by atoms with van der Waals surface area (Å²) in [6, 6.07) is -1.01. The Balaban J connectivity index is 2.57. The monoisotopic (exact) mass is 222 g/mol. The number of carbonyl (C=O) groups excluding carboxylic acids is 1. The number of carbonyl (C=O) groups is 1. The number of anilines is 1. The fourth-order valence-electron chi connectivity index (χ4n) is 1.35. The molecule has 0 saturated carbocycles. The van der Waals surface area contributed by atoms with E-state index in [0.717, 1.165) is 0 Å². The largest absolute Gasteiger partial charge is 0.468 e. The van der Waals surface area contributed by atoms with Crippen LogP contribution in [0.4, 0.5) is 5.69 Å². The van der Waals surface area contributed by atoms with Crippen molar-refractivity contribution in [1.29, 1.82) is 0 Å². The van der Waals surface area contributed by atoms with Crippen molar-refractivity contribution in [3.8, 4) is 0 Å². The zero-order valence-electron chi connectivity index (χ0n) is 8.51. The van der Waals surface area contributed by atoms with Gasteiger partial charge in [-0.2, -0.15) is 0 Å². The van der Waals surface area contributed by atoms with Gasteiger partial charge in [0.25, 0.3) is 0 Å². The number of hydrogen-bond acceptors (Lipinski definition) is 7. The Labute approximate surface area is 90.4 Å². The second-order valence-electron chi connectivity index (χ2n) is 3.13. The molecule has 2 heterocycles. The molecule has 7 nitrogen and oxygen atoms in total. The Kier molecular flexibility index (Phi) is 2.45. The number of pyridine rings is 1. The van der Waals surface area contributed by atoms with Gasteiger partial charge in [-0.05, 0) is 0 Å². The SMILES string of the molecule is COC(=O)C(N)c1ncc(N)c2ncoc12. The lowest BCUT2D eigenvalue weighted by molar-refractivity contribution is -0.142. The number of esters is 1. The number of oxazole rings is 1. The van der Waals surface area contributed by atoms with Crippen molar-refractivity contribution in [2.24, 2.45) is 5.73 Å². The van der Waals surface area contributed by atoms with Gasteiger partial charge in [0.15, 0.2) is 12.0 Å². The summed E-state index contributed by atoms with van der Waals surface area (Å²) in [6.07, 6.45) is 2.60. The lowest BCUT2D eigenvalue weighted by Gasteiger charge is -2.08. The van der Waals surface area contributed by atoms with Gasteiger partial charge in [0.2, 0.25) is 0 Å². The van der Waals surface area contributed by atoms with Gasteiger partial charge in [0.05, 0.1) is 19.0 Å². The van der Waals surface area contributed by atoms with Gasteiger partial charge in [-0.3, -0.25) is 4.98 Å². The van der Waals surface area contributed by atoms with E-state index in [1.165, 1.54) is 19.7 Å². The topological polar surface area (TPSA) is 117 Å². The molecule has 0 aromatic carbocycles. The first kappa shape index (κ1) is 10.4. The Morgan fingerprint density at radius 2 is 2.31 bits per heavy atom. The predicted molar refractivity (Wildman–Crippen MR) is 55.2 cm³/mol. The van der Waals surface area contributed by atoms with Gasteiger partial charge in [0.1, 0.15) is 17.3 Å². The molecule has 0 aliphatic heterocycles. The van der Waals surface area contributed by atoms with Crippen LogP contribution in [-0.4, -0.2) is 23.0 Å². The van der Waals surface area contributed by atoms with Crippen LogP contribution in [0.1, 0.15) is 11.7 Å². The highest BCUT2D eigenvalue weighted by Gasteiger charge is 2.23. The number of aromatic nitrogens is 2. The minimum atomic E-state index is -1.01. The Bertz CT molecular complexity index is 537. The molecule has 2 rings (SSSR count). The van der Waals surface area contributed by atoms with E-state index < -0.39 is 12.0 Å². The van der Waals surface area contributed by atoms with Crippen LogP contribution in [-0.2, 0) is 9.53 Å². The van der Waals surface area contributed by atoms with Gasteiger partial charge in [-0.1, -0.05) is 0 Å². The lowest BCUT2D eigenvalue weighted by Crippen LogP contribution is -2.23. The highest BCUT2D eigenvalue weighted by molar-refractivity contribution is 5.89. The molecule has 2 aromatic rings. The van der Waals surface area contributed by atoms with Crippen LogP contribution in [0.3, 0.4) is 0 Å². The molecular formula is C9H10N4O3. The first-order valence-corrected chi connectivity index (χ1v) is 4.46. The molecule has 0 bridgehead atoms. The maximum atomic E-state index is 11.3. The van der Waals surface area contributed by atoms with Crippen LogP contribution < -0.4 is 11.5 Å². The van der Waals surface area contributed by atoms with E-state index in [1.54, 1.807) is 0 Å². The van der Waals surface area contributed by atoms with E-state index in [1.807, 2.05) is 0 Å². The summed E-state index contributed by atoms with van der Waals surface area (Å²) in [5.74, 6) is -0.602. The first-order chi connectivity index (χ1) is 7.65. The number of rotatable bonds is 2. The normalized spacial score (nSPS) is 12.6. The highest BCUT2D eigenvalue weighted by Crippen LogP contribution is 2.24. The van der Waals surface area contributed by atoms with Crippen molar-refractivity contribution >= 4 is 22.8 Å². The Hall–Kier alpha value is -2.15. The Morgan fingerprint density at radius 3 is 3.00 bits per heavy atom. The van der Waals surface area contributed by atoms with E-state index in [4.69, 9.17) is 15.9 Å². The van der Waals surface area contributed by atoms with Crippen LogP contribution in [0.2, 0.25) is 0 Å². The van der Waals surface area contributed by atoms with E-state index in [2.05, 4.69) is 14.7 Å². The van der Waals surface area contributed by atoms with Crippen LogP contribution in [0.25, 0.3) is 11.1 Å². The molecule has 7 heteroatoms.